The fourth-order valence-electron chi connectivity index (χ4n) is 5.74. The topological polar surface area (TPSA) is 93.1 Å². The molecule has 0 heterocycles. The van der Waals surface area contributed by atoms with Crippen molar-refractivity contribution in [2.75, 3.05) is 7.11 Å². The third-order valence-electron chi connectivity index (χ3n) is 7.52. The van der Waals surface area contributed by atoms with Crippen molar-refractivity contribution < 1.29 is 29.3 Å². The first-order valence-corrected chi connectivity index (χ1v) is 11.2. The summed E-state index contributed by atoms with van der Waals surface area (Å²) in [6.45, 7) is 2.16. The van der Waals surface area contributed by atoms with Gasteiger partial charge in [0.2, 0.25) is 0 Å². The Kier molecular flexibility index (Phi) is 6.13. The van der Waals surface area contributed by atoms with Crippen LogP contribution in [0.4, 0.5) is 0 Å². The molecule has 6 heteroatoms. The predicted molar refractivity (Wildman–Crippen MR) is 119 cm³/mol. The van der Waals surface area contributed by atoms with Gasteiger partial charge in [0, 0.05) is 6.42 Å². The first-order chi connectivity index (χ1) is 15.3. The van der Waals surface area contributed by atoms with E-state index in [2.05, 4.69) is 0 Å². The van der Waals surface area contributed by atoms with Gasteiger partial charge >= 0.3 is 11.9 Å². The molecule has 0 saturated heterocycles. The van der Waals surface area contributed by atoms with Crippen molar-refractivity contribution in [2.45, 2.75) is 51.6 Å². The van der Waals surface area contributed by atoms with Gasteiger partial charge in [-0.15, -0.1) is 0 Å². The number of benzene rings is 2. The fraction of sp³-hybridized carbons (Fsp3) is 0.462. The molecule has 0 spiro atoms. The SMILES string of the molecule is COc1cc2c(cc1OCc1ccccc1)CCC1C2CCC(C)(C(=O)O)C1CC(=O)O. The average molecular weight is 439 g/mol. The summed E-state index contributed by atoms with van der Waals surface area (Å²) in [5.41, 5.74) is 2.39. The molecule has 4 unspecified atom stereocenters. The number of aryl methyl sites for hydroxylation is 1. The molecule has 0 amide bonds. The van der Waals surface area contributed by atoms with Gasteiger partial charge in [-0.1, -0.05) is 30.3 Å². The molecule has 2 N–H and O–H groups in total. The molecule has 170 valence electrons. The van der Waals surface area contributed by atoms with Crippen molar-refractivity contribution in [3.05, 3.63) is 59.2 Å². The van der Waals surface area contributed by atoms with Crippen molar-refractivity contribution in [1.29, 1.82) is 0 Å². The minimum Gasteiger partial charge on any atom is -0.493 e. The summed E-state index contributed by atoms with van der Waals surface area (Å²) >= 11 is 0. The summed E-state index contributed by atoms with van der Waals surface area (Å²) in [6.07, 6.45) is 2.63. The predicted octanol–water partition coefficient (Wildman–Crippen LogP) is 4.90. The molecule has 6 nitrogen and oxygen atoms in total. The van der Waals surface area contributed by atoms with Crippen molar-refractivity contribution in [3.63, 3.8) is 0 Å². The number of methoxy groups -OCH3 is 1. The van der Waals surface area contributed by atoms with Crippen LogP contribution in [0.2, 0.25) is 0 Å². The lowest BCUT2D eigenvalue weighted by atomic mass is 9.54. The molecule has 1 saturated carbocycles. The second-order valence-electron chi connectivity index (χ2n) is 9.25. The Morgan fingerprint density at radius 3 is 2.50 bits per heavy atom. The van der Waals surface area contributed by atoms with Crippen LogP contribution in [-0.2, 0) is 22.6 Å². The lowest BCUT2D eigenvalue weighted by molar-refractivity contribution is -0.159. The summed E-state index contributed by atoms with van der Waals surface area (Å²) in [5.74, 6) is -0.721. The Morgan fingerprint density at radius 1 is 1.09 bits per heavy atom. The first kappa shape index (κ1) is 22.2. The van der Waals surface area contributed by atoms with E-state index >= 15 is 0 Å². The second kappa shape index (κ2) is 8.85. The number of hydrogen-bond donors (Lipinski definition) is 2. The van der Waals surface area contributed by atoms with Crippen LogP contribution in [0.1, 0.15) is 55.2 Å². The average Bonchev–Trinajstić information content (AvgIpc) is 2.78. The van der Waals surface area contributed by atoms with Crippen LogP contribution in [0, 0.1) is 17.3 Å². The largest absolute Gasteiger partial charge is 0.493 e. The lowest BCUT2D eigenvalue weighted by Crippen LogP contribution is -2.47. The highest BCUT2D eigenvalue weighted by Gasteiger charge is 2.52. The van der Waals surface area contributed by atoms with Gasteiger partial charge in [0.05, 0.1) is 12.5 Å². The van der Waals surface area contributed by atoms with Gasteiger partial charge in [0.1, 0.15) is 6.61 Å². The number of carbonyl (C=O) groups is 2. The minimum absolute atomic E-state index is 0.0224. The molecule has 32 heavy (non-hydrogen) atoms. The van der Waals surface area contributed by atoms with E-state index in [1.54, 1.807) is 14.0 Å². The molecule has 4 atom stereocenters. The highest BCUT2D eigenvalue weighted by molar-refractivity contribution is 5.77. The molecular weight excluding hydrogens is 408 g/mol. The number of aliphatic carboxylic acids is 2. The molecule has 2 aromatic carbocycles. The van der Waals surface area contributed by atoms with E-state index < -0.39 is 23.3 Å². The Morgan fingerprint density at radius 2 is 1.84 bits per heavy atom. The van der Waals surface area contributed by atoms with E-state index in [1.165, 1.54) is 5.56 Å². The maximum atomic E-state index is 12.1. The van der Waals surface area contributed by atoms with Crippen LogP contribution in [0.5, 0.6) is 11.5 Å². The molecule has 2 aromatic rings. The normalized spacial score (nSPS) is 26.5. The molecule has 2 aliphatic carbocycles. The molecule has 0 bridgehead atoms. The number of carboxylic acid groups (broad SMARTS) is 2. The number of fused-ring (bicyclic) bond motifs is 3. The first-order valence-electron chi connectivity index (χ1n) is 11.2. The summed E-state index contributed by atoms with van der Waals surface area (Å²) in [5, 5.41) is 19.4. The molecule has 1 fully saturated rings. The van der Waals surface area contributed by atoms with Gasteiger partial charge in [-0.25, -0.2) is 0 Å². The molecule has 0 radical (unpaired) electrons. The zero-order valence-corrected chi connectivity index (χ0v) is 18.5. The highest BCUT2D eigenvalue weighted by Crippen LogP contribution is 2.56. The van der Waals surface area contributed by atoms with E-state index in [9.17, 15) is 19.8 Å². The number of ether oxygens (including phenoxy) is 2. The quantitative estimate of drug-likeness (QED) is 0.639. The van der Waals surface area contributed by atoms with Crippen LogP contribution in [-0.4, -0.2) is 29.3 Å². The maximum absolute atomic E-state index is 12.1. The Bertz CT molecular complexity index is 1000. The van der Waals surface area contributed by atoms with Gasteiger partial charge in [0.15, 0.2) is 11.5 Å². The monoisotopic (exact) mass is 438 g/mol. The summed E-state index contributed by atoms with van der Waals surface area (Å²) in [6, 6.07) is 14.0. The minimum atomic E-state index is -1.01. The van der Waals surface area contributed by atoms with Crippen molar-refractivity contribution in [2.24, 2.45) is 17.3 Å². The Hall–Kier alpha value is -3.02. The van der Waals surface area contributed by atoms with Gasteiger partial charge in [-0.2, -0.15) is 0 Å². The van der Waals surface area contributed by atoms with Crippen LogP contribution in [0.15, 0.2) is 42.5 Å². The number of carboxylic acids is 2. The van der Waals surface area contributed by atoms with Crippen LogP contribution >= 0.6 is 0 Å². The van der Waals surface area contributed by atoms with Crippen LogP contribution < -0.4 is 9.47 Å². The zero-order valence-electron chi connectivity index (χ0n) is 18.5. The van der Waals surface area contributed by atoms with Gasteiger partial charge < -0.3 is 19.7 Å². The van der Waals surface area contributed by atoms with E-state index in [4.69, 9.17) is 9.47 Å². The lowest BCUT2D eigenvalue weighted by Gasteiger charge is -2.49. The van der Waals surface area contributed by atoms with E-state index in [0.29, 0.717) is 24.5 Å². The highest BCUT2D eigenvalue weighted by atomic mass is 16.5. The second-order valence-corrected chi connectivity index (χ2v) is 9.25. The van der Waals surface area contributed by atoms with E-state index in [-0.39, 0.29) is 18.3 Å². The van der Waals surface area contributed by atoms with Gasteiger partial charge in [-0.3, -0.25) is 9.59 Å². The summed E-state index contributed by atoms with van der Waals surface area (Å²) in [7, 11) is 1.62. The number of rotatable bonds is 7. The van der Waals surface area contributed by atoms with Crippen molar-refractivity contribution in [3.8, 4) is 11.5 Å². The third-order valence-corrected chi connectivity index (χ3v) is 7.52. The van der Waals surface area contributed by atoms with Crippen LogP contribution in [0.3, 0.4) is 0 Å². The molecule has 0 aromatic heterocycles. The summed E-state index contributed by atoms with van der Waals surface area (Å²) < 4.78 is 11.7. The van der Waals surface area contributed by atoms with Gasteiger partial charge in [-0.05, 0) is 79.2 Å². The fourth-order valence-corrected chi connectivity index (χ4v) is 5.74. The standard InChI is InChI=1S/C26H30O6/c1-26(25(29)30)11-10-18-19(21(26)14-24(27)28)9-8-17-12-23(22(31-2)13-20(17)18)32-15-16-6-4-3-5-7-16/h3-7,12-13,18-19,21H,8-11,14-15H2,1-2H3,(H,27,28)(H,29,30). The molecular formula is C26H30O6. The smallest absolute Gasteiger partial charge is 0.309 e. The van der Waals surface area contributed by atoms with Crippen LogP contribution in [0.25, 0.3) is 0 Å². The third kappa shape index (κ3) is 4.06. The molecule has 4 rings (SSSR count). The van der Waals surface area contributed by atoms with Gasteiger partial charge in [0.25, 0.3) is 0 Å². The zero-order chi connectivity index (χ0) is 22.9. The summed E-state index contributed by atoms with van der Waals surface area (Å²) in [4.78, 5) is 23.7. The van der Waals surface area contributed by atoms with Crippen molar-refractivity contribution >= 4 is 11.9 Å². The molecule has 0 aliphatic heterocycles. The Labute approximate surface area is 188 Å². The number of hydrogen-bond acceptors (Lipinski definition) is 4. The maximum Gasteiger partial charge on any atom is 0.309 e. The van der Waals surface area contributed by atoms with E-state index in [0.717, 1.165) is 30.4 Å². The molecule has 2 aliphatic rings. The van der Waals surface area contributed by atoms with Crippen molar-refractivity contribution in [1.82, 2.24) is 0 Å². The van der Waals surface area contributed by atoms with E-state index in [1.807, 2.05) is 42.5 Å². The Balaban J connectivity index is 1.63.